The lowest BCUT2D eigenvalue weighted by atomic mass is 10.2. The Bertz CT molecular complexity index is 1310. The fraction of sp³-hybridized carbons (Fsp3) is 0.0455. The molecule has 7 nitrogen and oxygen atoms in total. The van der Waals surface area contributed by atoms with Crippen molar-refractivity contribution in [2.24, 2.45) is 4.99 Å². The molecule has 0 saturated heterocycles. The summed E-state index contributed by atoms with van der Waals surface area (Å²) in [5.74, 6) is 0.588. The van der Waals surface area contributed by atoms with E-state index in [1.54, 1.807) is 60.0 Å². The van der Waals surface area contributed by atoms with Crippen molar-refractivity contribution in [3.63, 3.8) is 0 Å². The number of benzene rings is 3. The smallest absolute Gasteiger partial charge is 0.268 e. The summed E-state index contributed by atoms with van der Waals surface area (Å²) >= 11 is 0. The van der Waals surface area contributed by atoms with Crippen LogP contribution in [0, 0.1) is 17.0 Å². The van der Waals surface area contributed by atoms with Gasteiger partial charge in [-0.25, -0.2) is 4.98 Å². The molecule has 0 radical (unpaired) electrons. The zero-order valence-electron chi connectivity index (χ0n) is 15.5. The van der Waals surface area contributed by atoms with Crippen molar-refractivity contribution in [2.45, 2.75) is 6.92 Å². The number of hydrogen-bond acceptors (Lipinski definition) is 5. The molecule has 0 unspecified atom stereocenters. The van der Waals surface area contributed by atoms with Gasteiger partial charge in [0.1, 0.15) is 5.82 Å². The highest BCUT2D eigenvalue weighted by Gasteiger charge is 2.11. The number of nitrogens with zero attached hydrogens (tertiary/aromatic N) is 4. The number of aliphatic imine (C=N–C) groups is 1. The summed E-state index contributed by atoms with van der Waals surface area (Å²) in [6.07, 6.45) is 1.46. The molecular weight excluding hydrogens is 368 g/mol. The quantitative estimate of drug-likeness (QED) is 0.297. The molecule has 7 heteroatoms. The lowest BCUT2D eigenvalue weighted by Gasteiger charge is -2.10. The van der Waals surface area contributed by atoms with Crippen LogP contribution >= 0.6 is 0 Å². The van der Waals surface area contributed by atoms with Gasteiger partial charge in [0.05, 0.1) is 32.8 Å². The first kappa shape index (κ1) is 18.2. The predicted molar refractivity (Wildman–Crippen MR) is 112 cm³/mol. The largest absolute Gasteiger partial charge is 0.278 e. The van der Waals surface area contributed by atoms with Crippen LogP contribution in [0.25, 0.3) is 16.6 Å². The van der Waals surface area contributed by atoms with Crippen molar-refractivity contribution in [3.8, 4) is 5.69 Å². The topological polar surface area (TPSA) is 90.4 Å². The van der Waals surface area contributed by atoms with Gasteiger partial charge in [0, 0.05) is 12.3 Å². The van der Waals surface area contributed by atoms with Crippen LogP contribution in [0.2, 0.25) is 0 Å². The van der Waals surface area contributed by atoms with Gasteiger partial charge in [0.2, 0.25) is 0 Å². The van der Waals surface area contributed by atoms with Crippen LogP contribution in [0.5, 0.6) is 0 Å². The van der Waals surface area contributed by atoms with Crippen molar-refractivity contribution in [3.05, 3.63) is 105 Å². The maximum Gasteiger partial charge on any atom is 0.278 e. The zero-order chi connectivity index (χ0) is 20.4. The lowest BCUT2D eigenvalue weighted by Crippen LogP contribution is -2.22. The third-order valence-corrected chi connectivity index (χ3v) is 4.54. The second-order valence-corrected chi connectivity index (χ2v) is 6.41. The summed E-state index contributed by atoms with van der Waals surface area (Å²) in [5.41, 5.74) is 2.24. The first-order valence-electron chi connectivity index (χ1n) is 8.91. The van der Waals surface area contributed by atoms with Gasteiger partial charge in [0.15, 0.2) is 0 Å². The third-order valence-electron chi connectivity index (χ3n) is 4.54. The van der Waals surface area contributed by atoms with E-state index in [4.69, 9.17) is 0 Å². The average Bonchev–Trinajstić information content (AvgIpc) is 2.73. The summed E-state index contributed by atoms with van der Waals surface area (Å²) in [7, 11) is 0. The molecule has 29 heavy (non-hydrogen) atoms. The molecule has 1 heterocycles. The van der Waals surface area contributed by atoms with E-state index >= 15 is 0 Å². The molecule has 0 aliphatic rings. The van der Waals surface area contributed by atoms with Gasteiger partial charge in [-0.15, -0.1) is 0 Å². The molecule has 4 rings (SSSR count). The van der Waals surface area contributed by atoms with Gasteiger partial charge in [-0.3, -0.25) is 24.5 Å². The minimum Gasteiger partial charge on any atom is -0.268 e. The first-order chi connectivity index (χ1) is 14.0. The van der Waals surface area contributed by atoms with E-state index in [0.29, 0.717) is 33.7 Å². The monoisotopic (exact) mass is 384 g/mol. The van der Waals surface area contributed by atoms with E-state index in [2.05, 4.69) is 9.98 Å². The average molecular weight is 384 g/mol. The van der Waals surface area contributed by atoms with Crippen LogP contribution in [0.3, 0.4) is 0 Å². The molecule has 0 aliphatic carbocycles. The Morgan fingerprint density at radius 1 is 1.00 bits per heavy atom. The highest BCUT2D eigenvalue weighted by molar-refractivity contribution is 5.87. The number of nitro benzene ring substituents is 1. The number of nitro groups is 1. The molecule has 0 fully saturated rings. The predicted octanol–water partition coefficient (Wildman–Crippen LogP) is 4.35. The molecule has 0 amide bonds. The van der Waals surface area contributed by atoms with Crippen LogP contribution in [0.4, 0.5) is 11.4 Å². The fourth-order valence-electron chi connectivity index (χ4n) is 3.14. The summed E-state index contributed by atoms with van der Waals surface area (Å²) in [6.45, 7) is 1.79. The van der Waals surface area contributed by atoms with E-state index in [9.17, 15) is 14.9 Å². The van der Waals surface area contributed by atoms with Gasteiger partial charge in [-0.1, -0.05) is 24.3 Å². The van der Waals surface area contributed by atoms with Gasteiger partial charge < -0.3 is 0 Å². The first-order valence-corrected chi connectivity index (χ1v) is 8.91. The lowest BCUT2D eigenvalue weighted by molar-refractivity contribution is -0.385. The minimum absolute atomic E-state index is 0.00251. The molecular formula is C22H16N4O3. The molecule has 0 N–H and O–H groups in total. The van der Waals surface area contributed by atoms with Gasteiger partial charge in [0.25, 0.3) is 11.2 Å². The molecule has 4 aromatic rings. The van der Waals surface area contributed by atoms with Crippen molar-refractivity contribution in [1.82, 2.24) is 9.55 Å². The Balaban J connectivity index is 1.68. The minimum atomic E-state index is -0.438. The molecule has 0 saturated carbocycles. The Morgan fingerprint density at radius 2 is 1.69 bits per heavy atom. The molecule has 0 atom stereocenters. The summed E-state index contributed by atoms with van der Waals surface area (Å²) in [6, 6.07) is 20.7. The fourth-order valence-corrected chi connectivity index (χ4v) is 3.14. The van der Waals surface area contributed by atoms with Gasteiger partial charge >= 0.3 is 0 Å². The normalized spacial score (nSPS) is 11.2. The molecule has 142 valence electrons. The van der Waals surface area contributed by atoms with Crippen molar-refractivity contribution >= 4 is 28.5 Å². The maximum atomic E-state index is 12.9. The van der Waals surface area contributed by atoms with Gasteiger partial charge in [-0.2, -0.15) is 0 Å². The Kier molecular flexibility index (Phi) is 4.70. The Morgan fingerprint density at radius 3 is 2.45 bits per heavy atom. The molecule has 1 aromatic heterocycles. The molecule has 0 bridgehead atoms. The van der Waals surface area contributed by atoms with Crippen LogP contribution in [-0.2, 0) is 0 Å². The van der Waals surface area contributed by atoms with Crippen LogP contribution < -0.4 is 5.56 Å². The van der Waals surface area contributed by atoms with E-state index in [0.717, 1.165) is 0 Å². The number of aromatic nitrogens is 2. The highest BCUT2D eigenvalue weighted by Crippen LogP contribution is 2.20. The Hall–Kier alpha value is -4.13. The number of rotatable bonds is 4. The van der Waals surface area contributed by atoms with Crippen LogP contribution in [0.15, 0.2) is 82.6 Å². The number of para-hydroxylation sites is 2. The zero-order valence-corrected chi connectivity index (χ0v) is 15.5. The summed E-state index contributed by atoms with van der Waals surface area (Å²) in [4.78, 5) is 32.4. The second-order valence-electron chi connectivity index (χ2n) is 6.41. The number of fused-ring (bicyclic) bond motifs is 1. The SMILES string of the molecule is Cc1nc2ccccc2c(=O)n1-c1ccc(N=Cc2ccccc2[N+](=O)[O-])cc1. The standard InChI is InChI=1S/C22H16N4O3/c1-15-24-20-8-4-3-7-19(20)22(27)25(15)18-12-10-17(11-13-18)23-14-16-6-2-5-9-21(16)26(28)29/h2-14H,1H3. The number of aryl methyl sites for hydroxylation is 1. The maximum absolute atomic E-state index is 12.9. The van der Waals surface area contributed by atoms with Crippen molar-refractivity contribution in [1.29, 1.82) is 0 Å². The second kappa shape index (κ2) is 7.47. The van der Waals surface area contributed by atoms with E-state index in [-0.39, 0.29) is 11.2 Å². The highest BCUT2D eigenvalue weighted by atomic mass is 16.6. The van der Waals surface area contributed by atoms with E-state index < -0.39 is 4.92 Å². The molecule has 0 aliphatic heterocycles. The molecule has 3 aromatic carbocycles. The Labute approximate surface area is 165 Å². The van der Waals surface area contributed by atoms with Gasteiger partial charge in [-0.05, 0) is 49.4 Å². The van der Waals surface area contributed by atoms with E-state index in [1.807, 2.05) is 18.2 Å². The van der Waals surface area contributed by atoms with Crippen LogP contribution in [-0.4, -0.2) is 20.7 Å². The van der Waals surface area contributed by atoms with Crippen LogP contribution in [0.1, 0.15) is 11.4 Å². The molecule has 0 spiro atoms. The van der Waals surface area contributed by atoms with Crippen molar-refractivity contribution in [2.75, 3.05) is 0 Å². The number of hydrogen-bond donors (Lipinski definition) is 0. The van der Waals surface area contributed by atoms with E-state index in [1.165, 1.54) is 12.3 Å². The van der Waals surface area contributed by atoms with Crippen molar-refractivity contribution < 1.29 is 4.92 Å². The summed E-state index contributed by atoms with van der Waals surface area (Å²) < 4.78 is 1.55. The summed E-state index contributed by atoms with van der Waals surface area (Å²) in [5, 5.41) is 11.6. The third kappa shape index (κ3) is 3.53.